The van der Waals surface area contributed by atoms with Gasteiger partial charge in [0, 0.05) is 17.1 Å². The number of aromatic nitrogens is 1. The molecule has 0 saturated carbocycles. The van der Waals surface area contributed by atoms with Crippen molar-refractivity contribution in [1.29, 1.82) is 0 Å². The van der Waals surface area contributed by atoms with E-state index in [4.69, 9.17) is 16.3 Å². The third kappa shape index (κ3) is 3.86. The van der Waals surface area contributed by atoms with Gasteiger partial charge in [0.15, 0.2) is 0 Å². The van der Waals surface area contributed by atoms with Gasteiger partial charge in [0.25, 0.3) is 11.1 Å². The Labute approximate surface area is 188 Å². The molecule has 0 unspecified atom stereocenters. The number of nitrogens with zero attached hydrogens (tertiary/aromatic N) is 2. The largest absolute Gasteiger partial charge is 0.497 e. The SMILES string of the molecule is COc1ccc(N2C(=O)S/C(=C/c3cc(C)n(-c4ccc(F)c(Cl)c4)c3C)C2=O)cc1. The summed E-state index contributed by atoms with van der Waals surface area (Å²) in [6.07, 6.45) is 1.71. The van der Waals surface area contributed by atoms with Crippen molar-refractivity contribution in [1.82, 2.24) is 4.57 Å². The highest BCUT2D eigenvalue weighted by molar-refractivity contribution is 8.19. The summed E-state index contributed by atoms with van der Waals surface area (Å²) in [6, 6.07) is 13.2. The monoisotopic (exact) mass is 456 g/mol. The lowest BCUT2D eigenvalue weighted by Crippen LogP contribution is -2.27. The van der Waals surface area contributed by atoms with Crippen LogP contribution in [0.25, 0.3) is 11.8 Å². The summed E-state index contributed by atoms with van der Waals surface area (Å²) in [7, 11) is 1.55. The lowest BCUT2D eigenvalue weighted by Gasteiger charge is -2.12. The first-order valence-corrected chi connectivity index (χ1v) is 10.6. The van der Waals surface area contributed by atoms with Crippen LogP contribution in [-0.2, 0) is 4.79 Å². The summed E-state index contributed by atoms with van der Waals surface area (Å²) < 4.78 is 20.6. The van der Waals surface area contributed by atoms with Gasteiger partial charge in [0.1, 0.15) is 11.6 Å². The van der Waals surface area contributed by atoms with Crippen molar-refractivity contribution in [2.45, 2.75) is 13.8 Å². The smallest absolute Gasteiger partial charge is 0.298 e. The van der Waals surface area contributed by atoms with Gasteiger partial charge in [0.05, 0.1) is 22.7 Å². The van der Waals surface area contributed by atoms with Gasteiger partial charge in [-0.05, 0) is 85.8 Å². The van der Waals surface area contributed by atoms with E-state index in [1.807, 2.05) is 24.5 Å². The fourth-order valence-electron chi connectivity index (χ4n) is 3.52. The maximum Gasteiger partial charge on any atom is 0.298 e. The number of carbonyl (C=O) groups is 2. The molecule has 0 radical (unpaired) electrons. The number of thioether (sulfide) groups is 1. The standard InChI is InChI=1S/C23H18ClFN2O3S/c1-13-10-15(14(2)26(13)17-6-9-20(25)19(24)12-17)11-21-22(28)27(23(29)31-21)16-4-7-18(30-3)8-5-16/h4-12H,1-3H3/b21-11+. The highest BCUT2D eigenvalue weighted by Crippen LogP contribution is 2.37. The van der Waals surface area contributed by atoms with Crippen molar-refractivity contribution < 1.29 is 18.7 Å². The second-order valence-electron chi connectivity index (χ2n) is 6.98. The molecule has 0 spiro atoms. The molecule has 0 atom stereocenters. The Morgan fingerprint density at radius 2 is 1.71 bits per heavy atom. The number of hydrogen-bond donors (Lipinski definition) is 0. The third-order valence-electron chi connectivity index (χ3n) is 5.04. The van der Waals surface area contributed by atoms with Gasteiger partial charge in [-0.2, -0.15) is 0 Å². The number of methoxy groups -OCH3 is 1. The first kappa shape index (κ1) is 21.2. The maximum atomic E-state index is 13.6. The first-order valence-electron chi connectivity index (χ1n) is 9.36. The van der Waals surface area contributed by atoms with Crippen LogP contribution < -0.4 is 9.64 Å². The Hall–Kier alpha value is -3.03. The van der Waals surface area contributed by atoms with E-state index >= 15 is 0 Å². The summed E-state index contributed by atoms with van der Waals surface area (Å²) in [4.78, 5) is 27.0. The van der Waals surface area contributed by atoms with E-state index in [1.54, 1.807) is 49.6 Å². The molecule has 2 heterocycles. The quantitative estimate of drug-likeness (QED) is 0.443. The number of hydrogen-bond acceptors (Lipinski definition) is 4. The van der Waals surface area contributed by atoms with Crippen molar-refractivity contribution in [2.75, 3.05) is 12.0 Å². The molecule has 2 amide bonds. The number of rotatable bonds is 4. The number of amides is 2. The van der Waals surface area contributed by atoms with Crippen LogP contribution in [0.5, 0.6) is 5.75 Å². The zero-order valence-electron chi connectivity index (χ0n) is 17.0. The van der Waals surface area contributed by atoms with E-state index in [1.165, 1.54) is 6.07 Å². The van der Waals surface area contributed by atoms with Crippen LogP contribution in [0.3, 0.4) is 0 Å². The summed E-state index contributed by atoms with van der Waals surface area (Å²) in [5, 5.41) is -0.326. The third-order valence-corrected chi connectivity index (χ3v) is 6.20. The van der Waals surface area contributed by atoms with Gasteiger partial charge in [-0.3, -0.25) is 9.59 Å². The summed E-state index contributed by atoms with van der Waals surface area (Å²) in [5.74, 6) is -0.227. The van der Waals surface area contributed by atoms with Crippen LogP contribution in [0.2, 0.25) is 5.02 Å². The molecule has 4 rings (SSSR count). The zero-order valence-corrected chi connectivity index (χ0v) is 18.6. The molecular weight excluding hydrogens is 439 g/mol. The first-order chi connectivity index (χ1) is 14.8. The van der Waals surface area contributed by atoms with Gasteiger partial charge < -0.3 is 9.30 Å². The average molecular weight is 457 g/mol. The molecule has 0 N–H and O–H groups in total. The van der Waals surface area contributed by atoms with Crippen molar-refractivity contribution in [3.8, 4) is 11.4 Å². The van der Waals surface area contributed by atoms with Crippen molar-refractivity contribution in [3.63, 3.8) is 0 Å². The Bertz CT molecular complexity index is 1230. The van der Waals surface area contributed by atoms with Crippen LogP contribution in [0.1, 0.15) is 17.0 Å². The van der Waals surface area contributed by atoms with Crippen LogP contribution in [0, 0.1) is 19.7 Å². The fraction of sp³-hybridized carbons (Fsp3) is 0.130. The van der Waals surface area contributed by atoms with Crippen LogP contribution in [-0.4, -0.2) is 22.8 Å². The van der Waals surface area contributed by atoms with Crippen LogP contribution >= 0.6 is 23.4 Å². The van der Waals surface area contributed by atoms with Gasteiger partial charge >= 0.3 is 0 Å². The molecule has 0 bridgehead atoms. The van der Waals surface area contributed by atoms with E-state index in [-0.39, 0.29) is 16.2 Å². The van der Waals surface area contributed by atoms with Crippen molar-refractivity contribution in [3.05, 3.63) is 81.2 Å². The van der Waals surface area contributed by atoms with Crippen LogP contribution in [0.15, 0.2) is 53.4 Å². The van der Waals surface area contributed by atoms with Gasteiger partial charge in [-0.15, -0.1) is 0 Å². The van der Waals surface area contributed by atoms with E-state index in [0.29, 0.717) is 22.0 Å². The number of anilines is 1. The molecule has 1 aliphatic rings. The van der Waals surface area contributed by atoms with Gasteiger partial charge in [-0.1, -0.05) is 11.6 Å². The maximum absolute atomic E-state index is 13.6. The molecule has 2 aromatic carbocycles. The predicted molar refractivity (Wildman–Crippen MR) is 122 cm³/mol. The second kappa shape index (κ2) is 8.24. The zero-order chi connectivity index (χ0) is 22.3. The number of imide groups is 1. The summed E-state index contributed by atoms with van der Waals surface area (Å²) in [6.45, 7) is 3.80. The van der Waals surface area contributed by atoms with Gasteiger partial charge in [0.2, 0.25) is 0 Å². The molecule has 1 fully saturated rings. The minimum Gasteiger partial charge on any atom is -0.497 e. The molecule has 1 aliphatic heterocycles. The van der Waals surface area contributed by atoms with E-state index in [9.17, 15) is 14.0 Å². The highest BCUT2D eigenvalue weighted by Gasteiger charge is 2.36. The number of benzene rings is 2. The molecule has 8 heteroatoms. The topological polar surface area (TPSA) is 51.5 Å². The number of carbonyl (C=O) groups excluding carboxylic acids is 2. The lowest BCUT2D eigenvalue weighted by molar-refractivity contribution is -0.113. The molecule has 31 heavy (non-hydrogen) atoms. The molecule has 5 nitrogen and oxygen atoms in total. The lowest BCUT2D eigenvalue weighted by atomic mass is 10.2. The number of halogens is 2. The van der Waals surface area contributed by atoms with Crippen molar-refractivity contribution in [2.24, 2.45) is 0 Å². The van der Waals surface area contributed by atoms with Crippen LogP contribution in [0.4, 0.5) is 14.9 Å². The minimum absolute atomic E-state index is 0.0344. The Kier molecular flexibility index (Phi) is 5.64. The molecule has 3 aromatic rings. The highest BCUT2D eigenvalue weighted by atomic mass is 35.5. The molecular formula is C23H18ClFN2O3S. The Morgan fingerprint density at radius 1 is 1.03 bits per heavy atom. The van der Waals surface area contributed by atoms with Crippen molar-refractivity contribution >= 4 is 46.3 Å². The van der Waals surface area contributed by atoms with E-state index in [0.717, 1.165) is 33.6 Å². The fourth-order valence-corrected chi connectivity index (χ4v) is 4.53. The number of ether oxygens (including phenoxy) is 1. The predicted octanol–water partition coefficient (Wildman–Crippen LogP) is 6.14. The summed E-state index contributed by atoms with van der Waals surface area (Å²) in [5.41, 5.74) is 3.72. The minimum atomic E-state index is -0.486. The molecule has 158 valence electrons. The number of aryl methyl sites for hydroxylation is 1. The Morgan fingerprint density at radius 3 is 2.35 bits per heavy atom. The van der Waals surface area contributed by atoms with Gasteiger partial charge in [-0.25, -0.2) is 9.29 Å². The molecule has 1 saturated heterocycles. The second-order valence-corrected chi connectivity index (χ2v) is 8.38. The van der Waals surface area contributed by atoms with E-state index in [2.05, 4.69) is 0 Å². The Balaban J connectivity index is 1.68. The average Bonchev–Trinajstić information content (AvgIpc) is 3.18. The summed E-state index contributed by atoms with van der Waals surface area (Å²) >= 11 is 6.83. The van der Waals surface area contributed by atoms with E-state index < -0.39 is 5.82 Å². The normalized spacial score (nSPS) is 15.3. The molecule has 1 aromatic heterocycles. The molecule has 0 aliphatic carbocycles.